The molecule has 1 fully saturated rings. The number of aliphatic hydroxyl groups is 2. The lowest BCUT2D eigenvalue weighted by molar-refractivity contribution is -0.0441. The number of hydrogen-bond acceptors (Lipinski definition) is 7. The number of fused-ring (bicyclic) bond motifs is 1. The summed E-state index contributed by atoms with van der Waals surface area (Å²) in [5.41, 5.74) is 0.576. The van der Waals surface area contributed by atoms with Gasteiger partial charge in [-0.05, 0) is 6.26 Å². The summed E-state index contributed by atoms with van der Waals surface area (Å²) < 4.78 is 6.86. The third kappa shape index (κ3) is 2.12. The van der Waals surface area contributed by atoms with Gasteiger partial charge in [0.15, 0.2) is 10.8 Å². The Balaban J connectivity index is 2.07. The molecule has 2 aromatic rings. The Labute approximate surface area is 117 Å². The van der Waals surface area contributed by atoms with Crippen molar-refractivity contribution in [3.8, 4) is 0 Å². The van der Waals surface area contributed by atoms with E-state index in [9.17, 15) is 9.90 Å². The van der Waals surface area contributed by atoms with Gasteiger partial charge in [0.2, 0.25) is 0 Å². The van der Waals surface area contributed by atoms with Crippen LogP contribution in [0.15, 0.2) is 16.1 Å². The van der Waals surface area contributed by atoms with Crippen LogP contribution in [0.2, 0.25) is 0 Å². The second-order valence-corrected chi connectivity index (χ2v) is 5.28. The van der Waals surface area contributed by atoms with Crippen LogP contribution < -0.4 is 5.69 Å². The number of thioether (sulfide) groups is 1. The van der Waals surface area contributed by atoms with Gasteiger partial charge in [0.25, 0.3) is 0 Å². The fourth-order valence-electron chi connectivity index (χ4n) is 2.30. The predicted molar refractivity (Wildman–Crippen MR) is 71.5 cm³/mol. The van der Waals surface area contributed by atoms with E-state index in [-0.39, 0.29) is 18.7 Å². The molecule has 1 saturated heterocycles. The van der Waals surface area contributed by atoms with Crippen molar-refractivity contribution in [2.24, 2.45) is 0 Å². The SMILES string of the molecule is CSc1ncc2[nH]c(=O)n([C@H]3C[C@@H](O)[C@H](CO)O3)c2n1. The number of rotatable bonds is 3. The molecule has 3 rings (SSSR count). The molecule has 0 aromatic carbocycles. The maximum Gasteiger partial charge on any atom is 0.329 e. The van der Waals surface area contributed by atoms with Crippen LogP contribution in [-0.4, -0.2) is 54.8 Å². The number of aromatic nitrogens is 4. The van der Waals surface area contributed by atoms with Crippen molar-refractivity contribution in [3.05, 3.63) is 16.7 Å². The topological polar surface area (TPSA) is 113 Å². The summed E-state index contributed by atoms with van der Waals surface area (Å²) >= 11 is 1.37. The Morgan fingerprint density at radius 2 is 2.45 bits per heavy atom. The molecule has 0 amide bonds. The minimum absolute atomic E-state index is 0.233. The summed E-state index contributed by atoms with van der Waals surface area (Å²) in [7, 11) is 0. The van der Waals surface area contributed by atoms with Crippen LogP contribution in [0.4, 0.5) is 0 Å². The largest absolute Gasteiger partial charge is 0.394 e. The highest BCUT2D eigenvalue weighted by molar-refractivity contribution is 7.98. The Morgan fingerprint density at radius 1 is 1.65 bits per heavy atom. The van der Waals surface area contributed by atoms with E-state index in [2.05, 4.69) is 15.0 Å². The summed E-state index contributed by atoms with van der Waals surface area (Å²) in [6.07, 6.45) is 1.49. The second-order valence-electron chi connectivity index (χ2n) is 4.51. The van der Waals surface area contributed by atoms with E-state index in [1.54, 1.807) is 6.20 Å². The summed E-state index contributed by atoms with van der Waals surface area (Å²) in [6, 6.07) is 0. The Morgan fingerprint density at radius 3 is 3.10 bits per heavy atom. The van der Waals surface area contributed by atoms with Gasteiger partial charge in [-0.1, -0.05) is 11.8 Å². The zero-order chi connectivity index (χ0) is 14.3. The van der Waals surface area contributed by atoms with Gasteiger partial charge in [-0.2, -0.15) is 0 Å². The van der Waals surface area contributed by atoms with Crippen molar-refractivity contribution in [2.75, 3.05) is 12.9 Å². The number of H-pyrrole nitrogens is 1. The molecule has 1 aliphatic heterocycles. The lowest BCUT2D eigenvalue weighted by atomic mass is 10.2. The lowest BCUT2D eigenvalue weighted by Gasteiger charge is -2.12. The van der Waals surface area contributed by atoms with Gasteiger partial charge in [0.1, 0.15) is 17.8 Å². The van der Waals surface area contributed by atoms with Gasteiger partial charge >= 0.3 is 5.69 Å². The molecule has 3 atom stereocenters. The third-order valence-corrected chi connectivity index (χ3v) is 3.85. The minimum Gasteiger partial charge on any atom is -0.394 e. The van der Waals surface area contributed by atoms with Gasteiger partial charge in [0.05, 0.1) is 18.9 Å². The number of nitrogens with zero attached hydrogens (tertiary/aromatic N) is 3. The van der Waals surface area contributed by atoms with Gasteiger partial charge in [-0.3, -0.25) is 0 Å². The smallest absolute Gasteiger partial charge is 0.329 e. The number of aromatic amines is 1. The fourth-order valence-corrected chi connectivity index (χ4v) is 2.64. The van der Waals surface area contributed by atoms with Crippen LogP contribution in [0, 0.1) is 0 Å². The van der Waals surface area contributed by atoms with E-state index in [0.29, 0.717) is 16.3 Å². The molecule has 108 valence electrons. The molecule has 20 heavy (non-hydrogen) atoms. The van der Waals surface area contributed by atoms with Crippen LogP contribution in [0.1, 0.15) is 12.6 Å². The monoisotopic (exact) mass is 298 g/mol. The molecule has 3 N–H and O–H groups in total. The molecule has 0 unspecified atom stereocenters. The van der Waals surface area contributed by atoms with E-state index in [0.717, 1.165) is 0 Å². The zero-order valence-corrected chi connectivity index (χ0v) is 11.5. The molecule has 0 radical (unpaired) electrons. The maximum atomic E-state index is 12.0. The summed E-state index contributed by atoms with van der Waals surface area (Å²) in [4.78, 5) is 23.1. The fraction of sp³-hybridized carbons (Fsp3) is 0.545. The van der Waals surface area contributed by atoms with Crippen LogP contribution in [-0.2, 0) is 4.74 Å². The average Bonchev–Trinajstić information content (AvgIpc) is 2.96. The highest BCUT2D eigenvalue weighted by atomic mass is 32.2. The predicted octanol–water partition coefficient (Wildman–Crippen LogP) is -0.518. The molecule has 1 aliphatic rings. The molecule has 0 aliphatic carbocycles. The zero-order valence-electron chi connectivity index (χ0n) is 10.7. The van der Waals surface area contributed by atoms with Gasteiger partial charge in [-0.15, -0.1) is 0 Å². The number of hydrogen-bond donors (Lipinski definition) is 3. The van der Waals surface area contributed by atoms with Crippen molar-refractivity contribution in [1.82, 2.24) is 19.5 Å². The standard InChI is InChI=1S/C11H14N4O4S/c1-20-10-12-3-5-9(14-10)15(11(18)13-5)8-2-6(17)7(4-16)19-8/h3,6-8,16-17H,2,4H2,1H3,(H,13,18)/t6-,7+,8-/m1/s1. The molecular weight excluding hydrogens is 284 g/mol. The number of imidazole rings is 1. The molecule has 8 nitrogen and oxygen atoms in total. The second kappa shape index (κ2) is 5.17. The normalized spacial score (nSPS) is 26.4. The third-order valence-electron chi connectivity index (χ3n) is 3.29. The van der Waals surface area contributed by atoms with E-state index in [1.807, 2.05) is 6.26 Å². The van der Waals surface area contributed by atoms with Crippen molar-refractivity contribution in [2.45, 2.75) is 30.0 Å². The van der Waals surface area contributed by atoms with Crippen LogP contribution in [0.25, 0.3) is 11.2 Å². The first-order valence-corrected chi connectivity index (χ1v) is 7.32. The Hall–Kier alpha value is -1.42. The molecule has 9 heteroatoms. The van der Waals surface area contributed by atoms with Crippen LogP contribution in [0.5, 0.6) is 0 Å². The van der Waals surface area contributed by atoms with Crippen molar-refractivity contribution in [3.63, 3.8) is 0 Å². The first-order valence-electron chi connectivity index (χ1n) is 6.09. The highest BCUT2D eigenvalue weighted by Gasteiger charge is 2.36. The van der Waals surface area contributed by atoms with Crippen molar-refractivity contribution >= 4 is 22.9 Å². The maximum absolute atomic E-state index is 12.0. The molecular formula is C11H14N4O4S. The minimum atomic E-state index is -0.802. The van der Waals surface area contributed by atoms with Crippen molar-refractivity contribution in [1.29, 1.82) is 0 Å². The van der Waals surface area contributed by atoms with E-state index in [1.165, 1.54) is 16.3 Å². The first kappa shape index (κ1) is 13.6. The van der Waals surface area contributed by atoms with E-state index >= 15 is 0 Å². The van der Waals surface area contributed by atoms with Gasteiger partial charge in [0, 0.05) is 6.42 Å². The summed E-state index contributed by atoms with van der Waals surface area (Å²) in [5, 5.41) is 19.4. The molecule has 3 heterocycles. The lowest BCUT2D eigenvalue weighted by Crippen LogP contribution is -2.25. The van der Waals surface area contributed by atoms with Crippen LogP contribution >= 0.6 is 11.8 Å². The highest BCUT2D eigenvalue weighted by Crippen LogP contribution is 2.29. The first-order chi connectivity index (χ1) is 9.63. The van der Waals surface area contributed by atoms with E-state index < -0.39 is 18.4 Å². The number of aliphatic hydroxyl groups excluding tert-OH is 2. The number of nitrogens with one attached hydrogen (secondary N) is 1. The molecule has 0 bridgehead atoms. The molecule has 0 spiro atoms. The average molecular weight is 298 g/mol. The number of ether oxygens (including phenoxy) is 1. The van der Waals surface area contributed by atoms with E-state index in [4.69, 9.17) is 9.84 Å². The van der Waals surface area contributed by atoms with Gasteiger partial charge in [-0.25, -0.2) is 19.3 Å². The molecule has 0 saturated carbocycles. The van der Waals surface area contributed by atoms with Gasteiger partial charge < -0.3 is 19.9 Å². The quantitative estimate of drug-likeness (QED) is 0.516. The summed E-state index contributed by atoms with van der Waals surface area (Å²) in [6.45, 7) is -0.292. The molecule has 2 aromatic heterocycles. The summed E-state index contributed by atoms with van der Waals surface area (Å²) in [5.74, 6) is 0. The van der Waals surface area contributed by atoms with Crippen LogP contribution in [0.3, 0.4) is 0 Å². The Bertz CT molecular complexity index is 685. The van der Waals surface area contributed by atoms with Crippen molar-refractivity contribution < 1.29 is 14.9 Å². The Kier molecular flexibility index (Phi) is 3.50.